The summed E-state index contributed by atoms with van der Waals surface area (Å²) in [6, 6.07) is 8.98. The summed E-state index contributed by atoms with van der Waals surface area (Å²) in [5.74, 6) is 0. The minimum atomic E-state index is -0.525. The predicted octanol–water partition coefficient (Wildman–Crippen LogP) is 3.55. The molecule has 0 saturated heterocycles. The molecule has 0 fully saturated rings. The smallest absolute Gasteiger partial charge is 0.131 e. The number of aromatic nitrogens is 3. The monoisotopic (exact) mass is 437 g/mol. The Hall–Kier alpha value is -1.99. The van der Waals surface area contributed by atoms with Crippen molar-refractivity contribution in [3.63, 3.8) is 0 Å². The molecule has 2 aromatic rings. The molecule has 9 heteroatoms. The summed E-state index contributed by atoms with van der Waals surface area (Å²) in [4.78, 5) is 14.6. The molecule has 0 aliphatic rings. The zero-order valence-corrected chi connectivity index (χ0v) is 19.9. The molecule has 168 valence electrons. The fraction of sp³-hybridized carbons (Fsp3) is 0.667. The molecule has 2 rings (SSSR count). The maximum atomic E-state index is 9.94. The second kappa shape index (κ2) is 12.0. The van der Waals surface area contributed by atoms with Gasteiger partial charge in [0.25, 0.3) is 0 Å². The Balaban J connectivity index is 0.00000450. The second-order valence-corrected chi connectivity index (χ2v) is 8.09. The molecule has 2 atom stereocenters. The summed E-state index contributed by atoms with van der Waals surface area (Å²) >= 11 is 0. The van der Waals surface area contributed by atoms with Crippen molar-refractivity contribution in [2.24, 2.45) is 9.98 Å². The molecule has 0 radical (unpaired) electrons. The largest absolute Gasteiger partial charge is 0.410 e. The fourth-order valence-corrected chi connectivity index (χ4v) is 3.39. The minimum absolute atomic E-state index is 0. The molecule has 30 heavy (non-hydrogen) atoms. The van der Waals surface area contributed by atoms with Gasteiger partial charge in [0.05, 0.1) is 17.6 Å². The molecule has 0 bridgehead atoms. The van der Waals surface area contributed by atoms with Gasteiger partial charge in [-0.05, 0) is 71.7 Å². The normalized spacial score (nSPS) is 14.3. The van der Waals surface area contributed by atoms with Crippen LogP contribution in [0, 0.1) is 0 Å². The van der Waals surface area contributed by atoms with Crippen molar-refractivity contribution >= 4 is 29.4 Å². The Labute approximate surface area is 186 Å². The van der Waals surface area contributed by atoms with Gasteiger partial charge < -0.3 is 15.0 Å². The molecular formula is C21H36ClN7O. The van der Waals surface area contributed by atoms with E-state index >= 15 is 0 Å². The third-order valence-corrected chi connectivity index (χ3v) is 5.40. The van der Waals surface area contributed by atoms with Crippen molar-refractivity contribution in [2.75, 3.05) is 41.3 Å². The van der Waals surface area contributed by atoms with E-state index in [9.17, 15) is 5.21 Å². The second-order valence-electron chi connectivity index (χ2n) is 8.09. The SMILES string of the molecule is CCC(CCN(C)C)N=C=NC(CC)(CCN(C)C)c1cccc2c1nnn2O.Cl. The first-order valence-corrected chi connectivity index (χ1v) is 10.3. The fourth-order valence-electron chi connectivity index (χ4n) is 3.39. The standard InChI is InChI=1S/C21H35N7O.ClH/c1-7-17(12-14-26(3)4)22-16-23-21(8-2,13-15-27(5)6)18-10-9-11-19-20(18)24-25-28(19)29;/h9-11,17,29H,7-8,12-15H2,1-6H3;1H. The number of aliphatic imine (C=N–C) groups is 2. The van der Waals surface area contributed by atoms with Crippen molar-refractivity contribution in [3.8, 4) is 0 Å². The number of hydrogen-bond acceptors (Lipinski definition) is 7. The lowest BCUT2D eigenvalue weighted by atomic mass is 9.83. The topological polar surface area (TPSA) is 82.1 Å². The number of hydrogen-bond donors (Lipinski definition) is 1. The van der Waals surface area contributed by atoms with Crippen LogP contribution in [0.5, 0.6) is 0 Å². The van der Waals surface area contributed by atoms with Crippen molar-refractivity contribution in [3.05, 3.63) is 23.8 Å². The van der Waals surface area contributed by atoms with E-state index in [1.165, 1.54) is 0 Å². The van der Waals surface area contributed by atoms with Gasteiger partial charge in [0.2, 0.25) is 0 Å². The quantitative estimate of drug-likeness (QED) is 0.429. The highest BCUT2D eigenvalue weighted by Crippen LogP contribution is 2.36. The van der Waals surface area contributed by atoms with Crippen molar-refractivity contribution in [1.29, 1.82) is 0 Å². The molecule has 0 saturated carbocycles. The highest BCUT2D eigenvalue weighted by molar-refractivity contribution is 5.85. The van der Waals surface area contributed by atoms with E-state index in [4.69, 9.17) is 4.99 Å². The Morgan fingerprint density at radius 2 is 1.87 bits per heavy atom. The van der Waals surface area contributed by atoms with E-state index in [2.05, 4.69) is 73.2 Å². The number of nitrogens with zero attached hydrogens (tertiary/aromatic N) is 7. The van der Waals surface area contributed by atoms with Gasteiger partial charge in [-0.2, -0.15) is 0 Å². The van der Waals surface area contributed by atoms with Crippen molar-refractivity contribution < 1.29 is 5.21 Å². The van der Waals surface area contributed by atoms with Crippen LogP contribution in [0.2, 0.25) is 0 Å². The Morgan fingerprint density at radius 3 is 2.47 bits per heavy atom. The zero-order chi connectivity index (χ0) is 21.4. The average Bonchev–Trinajstić information content (AvgIpc) is 3.08. The molecule has 0 amide bonds. The summed E-state index contributed by atoms with van der Waals surface area (Å²) < 4.78 is 0. The van der Waals surface area contributed by atoms with Gasteiger partial charge in [-0.25, -0.2) is 9.98 Å². The van der Waals surface area contributed by atoms with E-state index in [1.807, 2.05) is 12.1 Å². The molecule has 0 aliphatic heterocycles. The molecule has 0 spiro atoms. The van der Waals surface area contributed by atoms with Gasteiger partial charge in [0.15, 0.2) is 0 Å². The van der Waals surface area contributed by atoms with Crippen LogP contribution >= 0.6 is 12.4 Å². The Morgan fingerprint density at radius 1 is 1.17 bits per heavy atom. The first-order chi connectivity index (χ1) is 13.8. The van der Waals surface area contributed by atoms with Crippen LogP contribution < -0.4 is 0 Å². The molecule has 8 nitrogen and oxygen atoms in total. The molecule has 1 N–H and O–H groups in total. The lowest BCUT2D eigenvalue weighted by molar-refractivity contribution is 0.155. The summed E-state index contributed by atoms with van der Waals surface area (Å²) in [5.41, 5.74) is 1.67. The van der Waals surface area contributed by atoms with Crippen molar-refractivity contribution in [1.82, 2.24) is 25.0 Å². The number of benzene rings is 1. The van der Waals surface area contributed by atoms with E-state index in [-0.39, 0.29) is 18.4 Å². The van der Waals surface area contributed by atoms with E-state index in [1.54, 1.807) is 6.07 Å². The third-order valence-electron chi connectivity index (χ3n) is 5.40. The lowest BCUT2D eigenvalue weighted by Crippen LogP contribution is -2.29. The van der Waals surface area contributed by atoms with Gasteiger partial charge in [-0.1, -0.05) is 30.8 Å². The first-order valence-electron chi connectivity index (χ1n) is 10.3. The Kier molecular flexibility index (Phi) is 10.4. The van der Waals surface area contributed by atoms with Crippen LogP contribution in [-0.2, 0) is 5.54 Å². The van der Waals surface area contributed by atoms with E-state index < -0.39 is 5.54 Å². The van der Waals surface area contributed by atoms with Crippen LogP contribution in [0.25, 0.3) is 11.0 Å². The highest BCUT2D eigenvalue weighted by Gasteiger charge is 2.33. The minimum Gasteiger partial charge on any atom is -0.410 e. The molecule has 0 aliphatic carbocycles. The summed E-state index contributed by atoms with van der Waals surface area (Å²) in [6.07, 6.45) is 3.51. The molecule has 2 unspecified atom stereocenters. The Bertz CT molecular complexity index is 845. The average molecular weight is 438 g/mol. The van der Waals surface area contributed by atoms with Gasteiger partial charge in [-0.15, -0.1) is 17.5 Å². The van der Waals surface area contributed by atoms with Crippen LogP contribution in [0.3, 0.4) is 0 Å². The third kappa shape index (κ3) is 6.51. The van der Waals surface area contributed by atoms with Gasteiger partial charge in [0, 0.05) is 12.1 Å². The highest BCUT2D eigenvalue weighted by atomic mass is 35.5. The maximum absolute atomic E-state index is 9.94. The molecule has 1 aromatic carbocycles. The van der Waals surface area contributed by atoms with Crippen LogP contribution in [0.15, 0.2) is 28.2 Å². The van der Waals surface area contributed by atoms with Gasteiger partial charge in [0.1, 0.15) is 11.0 Å². The summed E-state index contributed by atoms with van der Waals surface area (Å²) in [7, 11) is 8.25. The maximum Gasteiger partial charge on any atom is 0.131 e. The van der Waals surface area contributed by atoms with Gasteiger partial charge >= 0.3 is 0 Å². The number of halogens is 1. The number of rotatable bonds is 11. The van der Waals surface area contributed by atoms with Crippen molar-refractivity contribution in [2.45, 2.75) is 51.1 Å². The predicted molar refractivity (Wildman–Crippen MR) is 124 cm³/mol. The van der Waals surface area contributed by atoms with E-state index in [0.717, 1.165) is 49.2 Å². The van der Waals surface area contributed by atoms with Crippen LogP contribution in [0.1, 0.15) is 45.1 Å². The molecular weight excluding hydrogens is 402 g/mol. The van der Waals surface area contributed by atoms with Gasteiger partial charge in [-0.3, -0.25) is 0 Å². The number of fused-ring (bicyclic) bond motifs is 1. The zero-order valence-electron chi connectivity index (χ0n) is 19.0. The summed E-state index contributed by atoms with van der Waals surface area (Å²) in [6.45, 7) is 6.11. The first kappa shape index (κ1) is 26.0. The molecule has 1 aromatic heterocycles. The molecule has 1 heterocycles. The lowest BCUT2D eigenvalue weighted by Gasteiger charge is -2.29. The summed E-state index contributed by atoms with van der Waals surface area (Å²) in [5, 5.41) is 17.9. The van der Waals surface area contributed by atoms with E-state index in [0.29, 0.717) is 11.0 Å². The van der Waals surface area contributed by atoms with Crippen LogP contribution in [0.4, 0.5) is 0 Å². The van der Waals surface area contributed by atoms with Crippen LogP contribution in [-0.4, -0.2) is 83.5 Å².